The number of Topliss-reactive ketones (excluding diaryl/α,β-unsaturated/α-hetero) is 1. The number of carbonyl (C=O) groups excluding carboxylic acids is 1. The van der Waals surface area contributed by atoms with Crippen LogP contribution in [-0.2, 0) is 6.61 Å². The van der Waals surface area contributed by atoms with Gasteiger partial charge in [0.25, 0.3) is 0 Å². The second-order valence-corrected chi connectivity index (χ2v) is 6.56. The number of benzene rings is 3. The molecule has 1 heterocycles. The maximum Gasteiger partial charge on any atom is 0.231 e. The van der Waals surface area contributed by atoms with Gasteiger partial charge in [0, 0.05) is 17.2 Å². The first-order chi connectivity index (χ1) is 14.6. The van der Waals surface area contributed by atoms with Crippen LogP contribution in [0.15, 0.2) is 66.4 Å². The Kier molecular flexibility index (Phi) is 5.39. The third-order valence-corrected chi connectivity index (χ3v) is 4.71. The van der Waals surface area contributed by atoms with Gasteiger partial charge in [0.15, 0.2) is 17.3 Å². The molecule has 0 saturated carbocycles. The van der Waals surface area contributed by atoms with E-state index in [1.807, 2.05) is 0 Å². The average Bonchev–Trinajstić information content (AvgIpc) is 3.07. The molecular formula is C24H19FO5. The van der Waals surface area contributed by atoms with Crippen LogP contribution < -0.4 is 18.9 Å². The normalized spacial score (nSPS) is 13.7. The Hall–Kier alpha value is -3.80. The van der Waals surface area contributed by atoms with Gasteiger partial charge in [-0.2, -0.15) is 0 Å². The van der Waals surface area contributed by atoms with Gasteiger partial charge in [0.05, 0.1) is 19.8 Å². The molecule has 0 amide bonds. The van der Waals surface area contributed by atoms with Gasteiger partial charge in [-0.05, 0) is 30.3 Å². The smallest absolute Gasteiger partial charge is 0.231 e. The molecule has 3 aromatic carbocycles. The van der Waals surface area contributed by atoms with Crippen LogP contribution in [0.2, 0.25) is 0 Å². The summed E-state index contributed by atoms with van der Waals surface area (Å²) in [4.78, 5) is 12.7. The van der Waals surface area contributed by atoms with Crippen LogP contribution in [0.25, 0.3) is 6.08 Å². The van der Waals surface area contributed by atoms with Crippen LogP contribution in [0.3, 0.4) is 0 Å². The highest BCUT2D eigenvalue weighted by Crippen LogP contribution is 2.37. The van der Waals surface area contributed by atoms with Crippen molar-refractivity contribution < 1.29 is 28.1 Å². The minimum Gasteiger partial charge on any atom is -0.493 e. The third-order valence-electron chi connectivity index (χ3n) is 4.71. The molecule has 6 heteroatoms. The van der Waals surface area contributed by atoms with E-state index in [-0.39, 0.29) is 24.0 Å². The summed E-state index contributed by atoms with van der Waals surface area (Å²) in [7, 11) is 3.08. The fourth-order valence-electron chi connectivity index (χ4n) is 3.20. The van der Waals surface area contributed by atoms with Crippen LogP contribution >= 0.6 is 0 Å². The topological polar surface area (TPSA) is 54.0 Å². The van der Waals surface area contributed by atoms with Crippen molar-refractivity contribution in [1.29, 1.82) is 0 Å². The van der Waals surface area contributed by atoms with E-state index in [4.69, 9.17) is 18.9 Å². The highest BCUT2D eigenvalue weighted by molar-refractivity contribution is 6.14. The van der Waals surface area contributed by atoms with Gasteiger partial charge < -0.3 is 18.9 Å². The Labute approximate surface area is 173 Å². The zero-order chi connectivity index (χ0) is 21.1. The largest absolute Gasteiger partial charge is 0.493 e. The van der Waals surface area contributed by atoms with Crippen LogP contribution in [0.1, 0.15) is 21.5 Å². The average molecular weight is 406 g/mol. The molecule has 5 nitrogen and oxygen atoms in total. The summed E-state index contributed by atoms with van der Waals surface area (Å²) in [6.45, 7) is 0.0725. The van der Waals surface area contributed by atoms with Crippen LogP contribution in [0.5, 0.6) is 23.0 Å². The first-order valence-corrected chi connectivity index (χ1v) is 9.26. The monoisotopic (exact) mass is 406 g/mol. The van der Waals surface area contributed by atoms with Gasteiger partial charge in [-0.1, -0.05) is 30.3 Å². The number of ether oxygens (including phenoxy) is 4. The lowest BCUT2D eigenvalue weighted by atomic mass is 10.1. The molecule has 3 aromatic rings. The van der Waals surface area contributed by atoms with Crippen molar-refractivity contribution in [3.05, 3.63) is 88.9 Å². The lowest BCUT2D eigenvalue weighted by Gasteiger charge is -2.10. The van der Waals surface area contributed by atoms with Gasteiger partial charge >= 0.3 is 0 Å². The van der Waals surface area contributed by atoms with E-state index in [1.165, 1.54) is 13.2 Å². The van der Waals surface area contributed by atoms with Crippen molar-refractivity contribution in [2.24, 2.45) is 0 Å². The van der Waals surface area contributed by atoms with E-state index in [1.54, 1.807) is 67.8 Å². The van der Waals surface area contributed by atoms with Crippen molar-refractivity contribution >= 4 is 11.9 Å². The molecule has 0 aromatic heterocycles. The second kappa shape index (κ2) is 8.29. The number of carbonyl (C=O) groups is 1. The number of ketones is 1. The van der Waals surface area contributed by atoms with Crippen molar-refractivity contribution in [3.63, 3.8) is 0 Å². The van der Waals surface area contributed by atoms with E-state index in [2.05, 4.69) is 0 Å². The molecular weight excluding hydrogens is 387 g/mol. The lowest BCUT2D eigenvalue weighted by molar-refractivity contribution is 0.101. The highest BCUT2D eigenvalue weighted by Gasteiger charge is 2.28. The van der Waals surface area contributed by atoms with Gasteiger partial charge in [0.2, 0.25) is 5.78 Å². The summed E-state index contributed by atoms with van der Waals surface area (Å²) in [6.07, 6.45) is 1.61. The highest BCUT2D eigenvalue weighted by atomic mass is 19.1. The summed E-state index contributed by atoms with van der Waals surface area (Å²) in [5.74, 6) is 1.53. The molecule has 0 atom stereocenters. The van der Waals surface area contributed by atoms with Gasteiger partial charge in [-0.25, -0.2) is 4.39 Å². The SMILES string of the molecule is COc1cccc(C=C2Oc3cc(OCc4ccccc4F)ccc3C2=O)c1OC. The van der Waals surface area contributed by atoms with Crippen molar-refractivity contribution in [3.8, 4) is 23.0 Å². The number of halogens is 1. The van der Waals surface area contributed by atoms with E-state index in [0.717, 1.165) is 0 Å². The van der Waals surface area contributed by atoms with Crippen molar-refractivity contribution in [2.75, 3.05) is 14.2 Å². The van der Waals surface area contributed by atoms with Gasteiger partial charge in [-0.3, -0.25) is 4.79 Å². The first kappa shape index (κ1) is 19.5. The predicted molar refractivity (Wildman–Crippen MR) is 110 cm³/mol. The Morgan fingerprint density at radius 2 is 1.83 bits per heavy atom. The molecule has 1 aliphatic heterocycles. The molecule has 152 valence electrons. The maximum atomic E-state index is 13.8. The van der Waals surface area contributed by atoms with Crippen LogP contribution in [0.4, 0.5) is 4.39 Å². The number of rotatable bonds is 6. The van der Waals surface area contributed by atoms with Crippen LogP contribution in [0, 0.1) is 5.82 Å². The fourth-order valence-corrected chi connectivity index (χ4v) is 3.20. The van der Waals surface area contributed by atoms with Gasteiger partial charge in [0.1, 0.15) is 23.9 Å². The first-order valence-electron chi connectivity index (χ1n) is 9.26. The summed E-state index contributed by atoms with van der Waals surface area (Å²) in [6, 6.07) is 16.7. The number of fused-ring (bicyclic) bond motifs is 1. The van der Waals surface area contributed by atoms with E-state index in [0.29, 0.717) is 39.7 Å². The summed E-state index contributed by atoms with van der Waals surface area (Å²) in [5, 5.41) is 0. The second-order valence-electron chi connectivity index (χ2n) is 6.56. The molecule has 0 aliphatic carbocycles. The minimum atomic E-state index is -0.331. The summed E-state index contributed by atoms with van der Waals surface area (Å²) in [5.41, 5.74) is 1.53. The molecule has 0 bridgehead atoms. The summed E-state index contributed by atoms with van der Waals surface area (Å²) >= 11 is 0. The molecule has 0 saturated heterocycles. The minimum absolute atomic E-state index is 0.0725. The molecule has 0 N–H and O–H groups in total. The molecule has 30 heavy (non-hydrogen) atoms. The van der Waals surface area contributed by atoms with E-state index in [9.17, 15) is 9.18 Å². The molecule has 0 fully saturated rings. The number of methoxy groups -OCH3 is 2. The number of para-hydroxylation sites is 1. The number of hydrogen-bond donors (Lipinski definition) is 0. The van der Waals surface area contributed by atoms with E-state index >= 15 is 0 Å². The molecule has 0 unspecified atom stereocenters. The zero-order valence-electron chi connectivity index (χ0n) is 16.5. The quantitative estimate of drug-likeness (QED) is 0.537. The fraction of sp³-hybridized carbons (Fsp3) is 0.125. The Morgan fingerprint density at radius 1 is 1.00 bits per heavy atom. The number of hydrogen-bond acceptors (Lipinski definition) is 5. The molecule has 0 radical (unpaired) electrons. The van der Waals surface area contributed by atoms with Gasteiger partial charge in [-0.15, -0.1) is 0 Å². The predicted octanol–water partition coefficient (Wildman–Crippen LogP) is 5.04. The number of allylic oxidation sites excluding steroid dienone is 1. The third kappa shape index (κ3) is 3.72. The Balaban J connectivity index is 1.56. The zero-order valence-corrected chi connectivity index (χ0v) is 16.5. The lowest BCUT2D eigenvalue weighted by Crippen LogP contribution is -1.99. The van der Waals surface area contributed by atoms with Crippen molar-refractivity contribution in [1.82, 2.24) is 0 Å². The Bertz CT molecular complexity index is 1140. The summed E-state index contributed by atoms with van der Waals surface area (Å²) < 4.78 is 35.9. The van der Waals surface area contributed by atoms with Crippen molar-refractivity contribution in [2.45, 2.75) is 6.61 Å². The van der Waals surface area contributed by atoms with Crippen LogP contribution in [-0.4, -0.2) is 20.0 Å². The molecule has 4 rings (SSSR count). The standard InChI is InChI=1S/C24H19FO5/c1-27-20-9-5-7-15(24(20)28-2)12-22-23(26)18-11-10-17(13-21(18)30-22)29-14-16-6-3-4-8-19(16)25/h3-13H,14H2,1-2H3. The maximum absolute atomic E-state index is 13.8. The molecule has 0 spiro atoms. The molecule has 1 aliphatic rings. The van der Waals surface area contributed by atoms with E-state index < -0.39 is 0 Å². The Morgan fingerprint density at radius 3 is 2.60 bits per heavy atom.